The highest BCUT2D eigenvalue weighted by Gasteiger charge is 2.25. The zero-order chi connectivity index (χ0) is 21.6. The Labute approximate surface area is 180 Å². The first-order chi connectivity index (χ1) is 14.4. The molecule has 2 N–H and O–H groups in total. The number of amides is 1. The van der Waals surface area contributed by atoms with Gasteiger partial charge in [0.2, 0.25) is 15.9 Å². The number of hydrogen-bond donors (Lipinski definition) is 2. The van der Waals surface area contributed by atoms with Crippen molar-refractivity contribution in [3.8, 4) is 5.75 Å². The van der Waals surface area contributed by atoms with Crippen LogP contribution in [0, 0.1) is 0 Å². The Kier molecular flexibility index (Phi) is 7.15. The van der Waals surface area contributed by atoms with Crippen LogP contribution in [0.25, 0.3) is 0 Å². The molecule has 158 valence electrons. The zero-order valence-corrected chi connectivity index (χ0v) is 17.7. The largest absolute Gasteiger partial charge is 0.496 e. The van der Waals surface area contributed by atoms with Crippen molar-refractivity contribution in [1.29, 1.82) is 0 Å². The molecular weight excluding hydrogens is 428 g/mol. The summed E-state index contributed by atoms with van der Waals surface area (Å²) in [6.45, 7) is 0.248. The second-order valence-electron chi connectivity index (χ2n) is 6.44. The van der Waals surface area contributed by atoms with Gasteiger partial charge in [-0.1, -0.05) is 29.8 Å². The molecule has 0 unspecified atom stereocenters. The summed E-state index contributed by atoms with van der Waals surface area (Å²) in [4.78, 5) is 12.6. The first kappa shape index (κ1) is 21.9. The van der Waals surface area contributed by atoms with E-state index in [1.807, 2.05) is 18.2 Å². The van der Waals surface area contributed by atoms with Crippen molar-refractivity contribution in [2.75, 3.05) is 7.11 Å². The predicted octanol–water partition coefficient (Wildman–Crippen LogP) is 3.67. The number of nitrogens with one attached hydrogen (secondary N) is 2. The fraction of sp³-hybridized carbons (Fsp3) is 0.190. The number of para-hydroxylation sites is 1. The van der Waals surface area contributed by atoms with E-state index >= 15 is 0 Å². The Hall–Kier alpha value is -2.81. The molecule has 1 aromatic heterocycles. The number of carbonyl (C=O) groups is 1. The zero-order valence-electron chi connectivity index (χ0n) is 16.2. The van der Waals surface area contributed by atoms with Gasteiger partial charge in [-0.15, -0.1) is 0 Å². The third-order valence-corrected chi connectivity index (χ3v) is 6.11. The van der Waals surface area contributed by atoms with Crippen molar-refractivity contribution in [2.45, 2.75) is 23.9 Å². The van der Waals surface area contributed by atoms with Crippen LogP contribution >= 0.6 is 11.6 Å². The molecule has 0 saturated heterocycles. The minimum Gasteiger partial charge on any atom is -0.496 e. The Morgan fingerprint density at radius 1 is 1.10 bits per heavy atom. The van der Waals surface area contributed by atoms with Crippen LogP contribution in [0.4, 0.5) is 0 Å². The van der Waals surface area contributed by atoms with E-state index in [0.717, 1.165) is 5.56 Å². The Morgan fingerprint density at radius 3 is 2.50 bits per heavy atom. The molecule has 0 aliphatic carbocycles. The van der Waals surface area contributed by atoms with Gasteiger partial charge in [0.1, 0.15) is 11.5 Å². The quantitative estimate of drug-likeness (QED) is 0.520. The van der Waals surface area contributed by atoms with Gasteiger partial charge in [-0.05, 0) is 42.5 Å². The maximum atomic E-state index is 12.7. The van der Waals surface area contributed by atoms with Crippen molar-refractivity contribution in [3.63, 3.8) is 0 Å². The molecular formula is C21H21ClN2O5S. The molecule has 3 rings (SSSR count). The van der Waals surface area contributed by atoms with Crippen LogP contribution in [-0.4, -0.2) is 21.4 Å². The number of halogens is 1. The monoisotopic (exact) mass is 448 g/mol. The summed E-state index contributed by atoms with van der Waals surface area (Å²) in [5.41, 5.74) is 0.810. The highest BCUT2D eigenvalue weighted by Crippen LogP contribution is 2.22. The molecule has 3 aromatic rings. The van der Waals surface area contributed by atoms with E-state index in [2.05, 4.69) is 10.0 Å². The summed E-state index contributed by atoms with van der Waals surface area (Å²) in [5, 5.41) is 3.21. The average Bonchev–Trinajstić information content (AvgIpc) is 3.27. The van der Waals surface area contributed by atoms with E-state index in [4.69, 9.17) is 20.8 Å². The number of furan rings is 1. The standard InChI is InChI=1S/C21H21ClN2O5S/c1-28-19-6-3-2-5-15(19)14-23-21(25)13-18(20-7-4-12-29-20)24-30(26,27)17-10-8-16(22)9-11-17/h2-12,18,24H,13-14H2,1H3,(H,23,25)/t18-/m1/s1. The number of sulfonamides is 1. The lowest BCUT2D eigenvalue weighted by Crippen LogP contribution is -2.33. The molecule has 0 spiro atoms. The van der Waals surface area contributed by atoms with Crippen molar-refractivity contribution in [3.05, 3.63) is 83.3 Å². The average molecular weight is 449 g/mol. The molecule has 1 atom stereocenters. The highest BCUT2D eigenvalue weighted by atomic mass is 35.5. The lowest BCUT2D eigenvalue weighted by Gasteiger charge is -2.17. The third-order valence-electron chi connectivity index (χ3n) is 4.37. The molecule has 1 heterocycles. The van der Waals surface area contributed by atoms with E-state index in [0.29, 0.717) is 16.5 Å². The molecule has 1 amide bonds. The predicted molar refractivity (Wildman–Crippen MR) is 113 cm³/mol. The van der Waals surface area contributed by atoms with Crippen LogP contribution in [-0.2, 0) is 21.4 Å². The number of carbonyl (C=O) groups excluding carboxylic acids is 1. The number of ether oxygens (including phenoxy) is 1. The van der Waals surface area contributed by atoms with Crippen LogP contribution in [0.15, 0.2) is 76.2 Å². The van der Waals surface area contributed by atoms with E-state index in [1.54, 1.807) is 25.3 Å². The van der Waals surface area contributed by atoms with E-state index in [9.17, 15) is 13.2 Å². The topological polar surface area (TPSA) is 97.6 Å². The van der Waals surface area contributed by atoms with Crippen molar-refractivity contribution in [1.82, 2.24) is 10.0 Å². The Morgan fingerprint density at radius 2 is 1.83 bits per heavy atom. The molecule has 0 radical (unpaired) electrons. The van der Waals surface area contributed by atoms with E-state index < -0.39 is 16.1 Å². The summed E-state index contributed by atoms with van der Waals surface area (Å²) in [6.07, 6.45) is 1.28. The molecule has 0 saturated carbocycles. The van der Waals surface area contributed by atoms with Crippen LogP contribution in [0.1, 0.15) is 23.8 Å². The van der Waals surface area contributed by atoms with Crippen LogP contribution in [0.3, 0.4) is 0 Å². The van der Waals surface area contributed by atoms with Crippen molar-refractivity contribution >= 4 is 27.5 Å². The molecule has 30 heavy (non-hydrogen) atoms. The number of rotatable bonds is 9. The van der Waals surface area contributed by atoms with Gasteiger partial charge in [-0.2, -0.15) is 4.72 Å². The third kappa shape index (κ3) is 5.63. The normalized spacial score (nSPS) is 12.3. The second kappa shape index (κ2) is 9.80. The van der Waals surface area contributed by atoms with Crippen LogP contribution in [0.2, 0.25) is 5.02 Å². The summed E-state index contributed by atoms with van der Waals surface area (Å²) >= 11 is 5.83. The molecule has 0 fully saturated rings. The van der Waals surface area contributed by atoms with Gasteiger partial charge in [-0.25, -0.2) is 8.42 Å². The van der Waals surface area contributed by atoms with Gasteiger partial charge < -0.3 is 14.5 Å². The maximum absolute atomic E-state index is 12.7. The van der Waals surface area contributed by atoms with Crippen LogP contribution < -0.4 is 14.8 Å². The highest BCUT2D eigenvalue weighted by molar-refractivity contribution is 7.89. The fourth-order valence-electron chi connectivity index (χ4n) is 2.86. The summed E-state index contributed by atoms with van der Waals surface area (Å²) in [6, 6.07) is 15.4. The molecule has 2 aromatic carbocycles. The fourth-order valence-corrected chi connectivity index (χ4v) is 4.19. The SMILES string of the molecule is COc1ccccc1CNC(=O)C[C@@H](NS(=O)(=O)c1ccc(Cl)cc1)c1ccco1. The van der Waals surface area contributed by atoms with E-state index in [1.165, 1.54) is 30.5 Å². The smallest absolute Gasteiger partial charge is 0.241 e. The Bertz CT molecular complexity index is 1080. The van der Waals surface area contributed by atoms with Gasteiger partial charge in [-0.3, -0.25) is 4.79 Å². The lowest BCUT2D eigenvalue weighted by molar-refractivity contribution is -0.121. The summed E-state index contributed by atoms with van der Waals surface area (Å²) in [7, 11) is -2.34. The summed E-state index contributed by atoms with van der Waals surface area (Å²) < 4.78 is 38.7. The molecule has 0 aliphatic rings. The molecule has 0 bridgehead atoms. The maximum Gasteiger partial charge on any atom is 0.241 e. The van der Waals surface area contributed by atoms with Gasteiger partial charge in [0.15, 0.2) is 0 Å². The lowest BCUT2D eigenvalue weighted by atomic mass is 10.1. The summed E-state index contributed by atoms with van der Waals surface area (Å²) in [5.74, 6) is 0.643. The number of benzene rings is 2. The first-order valence-corrected chi connectivity index (χ1v) is 10.9. The molecule has 9 heteroatoms. The first-order valence-electron chi connectivity index (χ1n) is 9.09. The van der Waals surface area contributed by atoms with Gasteiger partial charge >= 0.3 is 0 Å². The van der Waals surface area contributed by atoms with Crippen molar-refractivity contribution in [2.24, 2.45) is 0 Å². The van der Waals surface area contributed by atoms with Crippen molar-refractivity contribution < 1.29 is 22.4 Å². The minimum atomic E-state index is -3.89. The van der Waals surface area contributed by atoms with Crippen LogP contribution in [0.5, 0.6) is 5.75 Å². The molecule has 7 nitrogen and oxygen atoms in total. The number of hydrogen-bond acceptors (Lipinski definition) is 5. The second-order valence-corrected chi connectivity index (χ2v) is 8.59. The van der Waals surface area contributed by atoms with Gasteiger partial charge in [0.25, 0.3) is 0 Å². The number of methoxy groups -OCH3 is 1. The minimum absolute atomic E-state index is 0.0397. The van der Waals surface area contributed by atoms with Gasteiger partial charge in [0.05, 0.1) is 30.7 Å². The Balaban J connectivity index is 1.71. The van der Waals surface area contributed by atoms with Gasteiger partial charge in [0, 0.05) is 17.1 Å². The van der Waals surface area contributed by atoms with E-state index in [-0.39, 0.29) is 23.8 Å². The molecule has 0 aliphatic heterocycles.